The van der Waals surface area contributed by atoms with Crippen molar-refractivity contribution in [3.05, 3.63) is 18.3 Å². The van der Waals surface area contributed by atoms with Gasteiger partial charge in [-0.3, -0.25) is 0 Å². The van der Waals surface area contributed by atoms with Gasteiger partial charge in [-0.25, -0.2) is 18.1 Å². The Kier molecular flexibility index (Phi) is 5.06. The van der Waals surface area contributed by atoms with Gasteiger partial charge in [0.1, 0.15) is 10.7 Å². The average Bonchev–Trinajstić information content (AvgIpc) is 2.29. The van der Waals surface area contributed by atoms with Gasteiger partial charge in [0.2, 0.25) is 10.0 Å². The molecule has 0 bridgehead atoms. The lowest BCUT2D eigenvalue weighted by Gasteiger charge is -2.20. The van der Waals surface area contributed by atoms with E-state index in [1.54, 1.807) is 0 Å². The molecule has 1 heterocycles. The number of pyridine rings is 1. The molecule has 0 radical (unpaired) electrons. The van der Waals surface area contributed by atoms with Crippen molar-refractivity contribution in [1.82, 2.24) is 14.6 Å². The van der Waals surface area contributed by atoms with E-state index < -0.39 is 10.0 Å². The standard InChI is InChI=1S/C11H20N4O2S/c1-9(2)15(3)7-6-14-18(16,17)10-4-5-11(12)13-8-10/h4-5,8-9,14H,6-7H2,1-3H3,(H2,12,13). The quantitative estimate of drug-likeness (QED) is 0.776. The normalized spacial score (nSPS) is 12.3. The van der Waals surface area contributed by atoms with Crippen molar-refractivity contribution in [3.8, 4) is 0 Å². The van der Waals surface area contributed by atoms with Gasteiger partial charge in [0, 0.05) is 25.3 Å². The molecule has 0 saturated carbocycles. The SMILES string of the molecule is CC(C)N(C)CCNS(=O)(=O)c1ccc(N)nc1. The monoisotopic (exact) mass is 272 g/mol. The number of nitrogens with one attached hydrogen (secondary N) is 1. The van der Waals surface area contributed by atoms with Crippen LogP contribution in [-0.4, -0.2) is 44.5 Å². The minimum Gasteiger partial charge on any atom is -0.384 e. The highest BCUT2D eigenvalue weighted by molar-refractivity contribution is 7.89. The molecule has 0 fully saturated rings. The molecule has 6 nitrogen and oxygen atoms in total. The molecule has 0 aliphatic heterocycles. The first-order valence-corrected chi connectivity index (χ1v) is 7.22. The number of aromatic nitrogens is 1. The minimum absolute atomic E-state index is 0.129. The zero-order chi connectivity index (χ0) is 13.8. The molecule has 0 unspecified atom stereocenters. The molecule has 0 aliphatic rings. The van der Waals surface area contributed by atoms with Gasteiger partial charge in [0.15, 0.2) is 0 Å². The van der Waals surface area contributed by atoms with Gasteiger partial charge < -0.3 is 10.6 Å². The Bertz CT molecular complexity index is 470. The van der Waals surface area contributed by atoms with Crippen LogP contribution in [0.15, 0.2) is 23.2 Å². The first kappa shape index (κ1) is 14.9. The fraction of sp³-hybridized carbons (Fsp3) is 0.545. The van der Waals surface area contributed by atoms with E-state index in [9.17, 15) is 8.42 Å². The van der Waals surface area contributed by atoms with Gasteiger partial charge in [0.05, 0.1) is 0 Å². The summed E-state index contributed by atoms with van der Waals surface area (Å²) in [5, 5.41) is 0. The molecule has 102 valence electrons. The Balaban J connectivity index is 2.58. The minimum atomic E-state index is -3.49. The smallest absolute Gasteiger partial charge is 0.242 e. The summed E-state index contributed by atoms with van der Waals surface area (Å²) in [5.41, 5.74) is 5.41. The van der Waals surface area contributed by atoms with Crippen molar-refractivity contribution in [1.29, 1.82) is 0 Å². The number of rotatable bonds is 6. The molecule has 1 aromatic rings. The molecule has 0 spiro atoms. The van der Waals surface area contributed by atoms with E-state index in [-0.39, 0.29) is 4.90 Å². The summed E-state index contributed by atoms with van der Waals surface area (Å²) in [6.07, 6.45) is 1.25. The molecule has 1 rings (SSSR count). The topological polar surface area (TPSA) is 88.3 Å². The largest absolute Gasteiger partial charge is 0.384 e. The molecule has 0 aliphatic carbocycles. The van der Waals surface area contributed by atoms with Crippen molar-refractivity contribution in [2.24, 2.45) is 0 Å². The molecule has 1 aromatic heterocycles. The van der Waals surface area contributed by atoms with Gasteiger partial charge in [-0.05, 0) is 33.0 Å². The molecule has 0 aromatic carbocycles. The summed E-state index contributed by atoms with van der Waals surface area (Å²) in [6, 6.07) is 3.29. The summed E-state index contributed by atoms with van der Waals surface area (Å²) in [6.45, 7) is 5.12. The highest BCUT2D eigenvalue weighted by Gasteiger charge is 2.14. The highest BCUT2D eigenvalue weighted by atomic mass is 32.2. The third-order valence-corrected chi connectivity index (χ3v) is 4.15. The number of nitrogens with zero attached hydrogens (tertiary/aromatic N) is 2. The number of nitrogen functional groups attached to an aromatic ring is 1. The van der Waals surface area contributed by atoms with Gasteiger partial charge >= 0.3 is 0 Å². The zero-order valence-corrected chi connectivity index (χ0v) is 11.7. The van der Waals surface area contributed by atoms with E-state index in [1.807, 2.05) is 7.05 Å². The van der Waals surface area contributed by atoms with Crippen LogP contribution in [0, 0.1) is 0 Å². The van der Waals surface area contributed by atoms with Crippen LogP contribution in [-0.2, 0) is 10.0 Å². The van der Waals surface area contributed by atoms with Gasteiger partial charge in [-0.2, -0.15) is 0 Å². The Hall–Kier alpha value is -1.18. The van der Waals surface area contributed by atoms with Crippen molar-refractivity contribution in [2.75, 3.05) is 25.9 Å². The number of nitrogens with two attached hydrogens (primary N) is 1. The molecule has 0 atom stereocenters. The number of sulfonamides is 1. The first-order valence-electron chi connectivity index (χ1n) is 5.74. The molecule has 0 amide bonds. The van der Waals surface area contributed by atoms with E-state index in [4.69, 9.17) is 5.73 Å². The highest BCUT2D eigenvalue weighted by Crippen LogP contribution is 2.08. The average molecular weight is 272 g/mol. The van der Waals surface area contributed by atoms with Crippen LogP contribution in [0.3, 0.4) is 0 Å². The Morgan fingerprint density at radius 3 is 2.61 bits per heavy atom. The van der Waals surface area contributed by atoms with Crippen molar-refractivity contribution in [3.63, 3.8) is 0 Å². The summed E-state index contributed by atoms with van der Waals surface area (Å²) >= 11 is 0. The number of hydrogen-bond donors (Lipinski definition) is 2. The lowest BCUT2D eigenvalue weighted by atomic mass is 10.3. The van der Waals surface area contributed by atoms with Crippen LogP contribution in [0.4, 0.5) is 5.82 Å². The first-order chi connectivity index (χ1) is 8.33. The third-order valence-electron chi connectivity index (χ3n) is 2.71. The maximum atomic E-state index is 11.9. The van der Waals surface area contributed by atoms with Crippen LogP contribution in [0.5, 0.6) is 0 Å². The van der Waals surface area contributed by atoms with Gasteiger partial charge in [-0.15, -0.1) is 0 Å². The second kappa shape index (κ2) is 6.12. The van der Waals surface area contributed by atoms with Gasteiger partial charge in [0.25, 0.3) is 0 Å². The lowest BCUT2D eigenvalue weighted by molar-refractivity contribution is 0.278. The third kappa shape index (κ3) is 4.25. The van der Waals surface area contributed by atoms with Crippen molar-refractivity contribution >= 4 is 15.8 Å². The van der Waals surface area contributed by atoms with E-state index in [0.717, 1.165) is 0 Å². The van der Waals surface area contributed by atoms with Crippen LogP contribution in [0.2, 0.25) is 0 Å². The number of hydrogen-bond acceptors (Lipinski definition) is 5. The van der Waals surface area contributed by atoms with Crippen LogP contribution >= 0.6 is 0 Å². The van der Waals surface area contributed by atoms with Crippen molar-refractivity contribution < 1.29 is 8.42 Å². The molecule has 18 heavy (non-hydrogen) atoms. The summed E-state index contributed by atoms with van der Waals surface area (Å²) in [4.78, 5) is 5.95. The predicted octanol–water partition coefficient (Wildman–Crippen LogP) is 0.282. The molecular weight excluding hydrogens is 252 g/mol. The summed E-state index contributed by atoms with van der Waals surface area (Å²) < 4.78 is 26.3. The lowest BCUT2D eigenvalue weighted by Crippen LogP contribution is -2.36. The fourth-order valence-corrected chi connectivity index (χ4v) is 2.21. The van der Waals surface area contributed by atoms with E-state index in [2.05, 4.69) is 28.5 Å². The van der Waals surface area contributed by atoms with Crippen LogP contribution < -0.4 is 10.5 Å². The van der Waals surface area contributed by atoms with Gasteiger partial charge in [-0.1, -0.05) is 0 Å². The summed E-state index contributed by atoms with van der Waals surface area (Å²) in [7, 11) is -1.54. The van der Waals surface area contributed by atoms with Crippen LogP contribution in [0.1, 0.15) is 13.8 Å². The van der Waals surface area contributed by atoms with E-state index in [0.29, 0.717) is 24.9 Å². The predicted molar refractivity (Wildman–Crippen MR) is 71.6 cm³/mol. The number of likely N-dealkylation sites (N-methyl/N-ethyl adjacent to an activating group) is 1. The number of anilines is 1. The Morgan fingerprint density at radius 1 is 1.44 bits per heavy atom. The Morgan fingerprint density at radius 2 is 2.11 bits per heavy atom. The van der Waals surface area contributed by atoms with E-state index in [1.165, 1.54) is 18.3 Å². The molecule has 7 heteroatoms. The Labute approximate surface area is 108 Å². The molecule has 3 N–H and O–H groups in total. The molecular formula is C11H20N4O2S. The van der Waals surface area contributed by atoms with Crippen molar-refractivity contribution in [2.45, 2.75) is 24.8 Å². The molecule has 0 saturated heterocycles. The second-order valence-corrected chi connectivity index (χ2v) is 6.16. The van der Waals surface area contributed by atoms with Crippen LogP contribution in [0.25, 0.3) is 0 Å². The second-order valence-electron chi connectivity index (χ2n) is 4.39. The fourth-order valence-electron chi connectivity index (χ4n) is 1.25. The van der Waals surface area contributed by atoms with E-state index >= 15 is 0 Å². The maximum Gasteiger partial charge on any atom is 0.242 e. The maximum absolute atomic E-state index is 11.9. The summed E-state index contributed by atoms with van der Waals surface area (Å²) in [5.74, 6) is 0.300. The zero-order valence-electron chi connectivity index (χ0n) is 10.9.